The molecule has 10 nitrogen and oxygen atoms in total. The number of hydrogen-bond donors (Lipinski definition) is 3. The van der Waals surface area contributed by atoms with Crippen molar-refractivity contribution >= 4 is 23.4 Å². The van der Waals surface area contributed by atoms with Crippen LogP contribution in [0.15, 0.2) is 30.7 Å². The highest BCUT2D eigenvalue weighted by molar-refractivity contribution is 5.94. The number of pyridine rings is 1. The maximum atomic E-state index is 14.2. The number of aromatic nitrogens is 4. The molecule has 3 aromatic heterocycles. The van der Waals surface area contributed by atoms with Crippen LogP contribution in [0.4, 0.5) is 23.4 Å². The van der Waals surface area contributed by atoms with Gasteiger partial charge in [-0.25, -0.2) is 23.5 Å². The van der Waals surface area contributed by atoms with Gasteiger partial charge in [0.1, 0.15) is 17.2 Å². The van der Waals surface area contributed by atoms with Gasteiger partial charge in [-0.3, -0.25) is 4.98 Å². The molecule has 14 heteroatoms. The molecule has 4 N–H and O–H groups in total. The number of aliphatic carboxylic acids is 1. The Hall–Kier alpha value is -3.81. The molecular formula is C23H24F4N6O4. The molecule has 5 rings (SSSR count). The van der Waals surface area contributed by atoms with E-state index in [0.29, 0.717) is 23.8 Å². The number of fused-ring (bicyclic) bond motifs is 2. The van der Waals surface area contributed by atoms with Crippen LogP contribution in [0.2, 0.25) is 0 Å². The van der Waals surface area contributed by atoms with Gasteiger partial charge < -0.3 is 20.8 Å². The molecule has 3 atom stereocenters. The van der Waals surface area contributed by atoms with E-state index in [0.717, 1.165) is 37.1 Å². The number of carboxylic acids is 2. The number of anilines is 1. The fourth-order valence-electron chi connectivity index (χ4n) is 4.83. The molecular weight excluding hydrogens is 500 g/mol. The highest BCUT2D eigenvalue weighted by Gasteiger charge is 2.64. The normalized spacial score (nSPS) is 21.2. The van der Waals surface area contributed by atoms with Gasteiger partial charge >= 0.3 is 18.1 Å². The second-order valence-corrected chi connectivity index (χ2v) is 9.15. The molecule has 37 heavy (non-hydrogen) atoms. The summed E-state index contributed by atoms with van der Waals surface area (Å²) in [4.78, 5) is 31.6. The maximum Gasteiger partial charge on any atom is 0.490 e. The molecule has 198 valence electrons. The number of alkyl halides is 3. The van der Waals surface area contributed by atoms with Crippen LogP contribution in [-0.4, -0.2) is 60.5 Å². The highest BCUT2D eigenvalue weighted by atomic mass is 19.4. The smallest absolute Gasteiger partial charge is 0.477 e. The van der Waals surface area contributed by atoms with Crippen molar-refractivity contribution in [3.63, 3.8) is 0 Å². The lowest BCUT2D eigenvalue weighted by Crippen LogP contribution is -2.35. The number of halogens is 4. The summed E-state index contributed by atoms with van der Waals surface area (Å²) in [6.07, 6.45) is 2.54. The first-order valence-corrected chi connectivity index (χ1v) is 11.4. The van der Waals surface area contributed by atoms with Crippen LogP contribution >= 0.6 is 0 Å². The second-order valence-electron chi connectivity index (χ2n) is 9.15. The first-order chi connectivity index (χ1) is 17.3. The molecule has 3 aromatic rings. The molecule has 2 aliphatic rings. The topological polar surface area (TPSA) is 147 Å². The number of aromatic carboxylic acids is 1. The summed E-state index contributed by atoms with van der Waals surface area (Å²) in [5.41, 5.74) is 7.72. The van der Waals surface area contributed by atoms with Crippen LogP contribution in [0.25, 0.3) is 5.65 Å². The number of carboxylic acid groups (broad SMARTS) is 2. The summed E-state index contributed by atoms with van der Waals surface area (Å²) in [6, 6.07) is 3.47. The lowest BCUT2D eigenvalue weighted by molar-refractivity contribution is -0.192. The molecule has 0 radical (unpaired) electrons. The predicted octanol–water partition coefficient (Wildman–Crippen LogP) is 3.00. The number of piperidine rings is 1. The van der Waals surface area contributed by atoms with Crippen molar-refractivity contribution in [1.82, 2.24) is 19.6 Å². The third kappa shape index (κ3) is 5.05. The maximum absolute atomic E-state index is 14.2. The first kappa shape index (κ1) is 26.3. The quantitative estimate of drug-likeness (QED) is 0.414. The Labute approximate surface area is 207 Å². The summed E-state index contributed by atoms with van der Waals surface area (Å²) in [6.45, 7) is 2.72. The number of nitrogens with zero attached hydrogens (tertiary/aromatic N) is 5. The number of nitrogens with two attached hydrogens (primary N) is 1. The van der Waals surface area contributed by atoms with Gasteiger partial charge in [0.2, 0.25) is 0 Å². The SMILES string of the molecule is CC(N)CCc1ncc(F)cc1C12CC1CCN2c1ccn2ncc(C(=O)O)c2n1.O=C(O)C(F)(F)F. The molecule has 4 heterocycles. The van der Waals surface area contributed by atoms with E-state index in [2.05, 4.69) is 20.0 Å². The van der Waals surface area contributed by atoms with Gasteiger partial charge in [-0.05, 0) is 50.7 Å². The zero-order valence-corrected chi connectivity index (χ0v) is 19.6. The lowest BCUT2D eigenvalue weighted by atomic mass is 9.97. The summed E-state index contributed by atoms with van der Waals surface area (Å²) in [7, 11) is 0. The molecule has 1 saturated heterocycles. The highest BCUT2D eigenvalue weighted by Crippen LogP contribution is 2.63. The summed E-state index contributed by atoms with van der Waals surface area (Å²) < 4.78 is 47.4. The fourth-order valence-corrected chi connectivity index (χ4v) is 4.83. The minimum absolute atomic E-state index is 0.0391. The Morgan fingerprint density at radius 3 is 2.59 bits per heavy atom. The summed E-state index contributed by atoms with van der Waals surface area (Å²) in [5.74, 6) is -3.10. The van der Waals surface area contributed by atoms with E-state index in [1.165, 1.54) is 16.9 Å². The van der Waals surface area contributed by atoms with Crippen molar-refractivity contribution in [2.24, 2.45) is 11.7 Å². The molecule has 0 spiro atoms. The number of rotatable bonds is 6. The van der Waals surface area contributed by atoms with Gasteiger partial charge in [-0.15, -0.1) is 0 Å². The fraction of sp³-hybridized carbons (Fsp3) is 0.435. The van der Waals surface area contributed by atoms with Crippen LogP contribution in [-0.2, 0) is 16.8 Å². The molecule has 0 amide bonds. The monoisotopic (exact) mass is 524 g/mol. The zero-order valence-electron chi connectivity index (χ0n) is 19.6. The molecule has 1 aliphatic carbocycles. The largest absolute Gasteiger partial charge is 0.490 e. The Balaban J connectivity index is 0.000000405. The third-order valence-corrected chi connectivity index (χ3v) is 6.60. The van der Waals surface area contributed by atoms with Gasteiger partial charge in [-0.2, -0.15) is 18.3 Å². The van der Waals surface area contributed by atoms with E-state index < -0.39 is 18.1 Å². The van der Waals surface area contributed by atoms with E-state index in [4.69, 9.17) is 15.6 Å². The van der Waals surface area contributed by atoms with Gasteiger partial charge in [0.25, 0.3) is 0 Å². The first-order valence-electron chi connectivity index (χ1n) is 11.4. The van der Waals surface area contributed by atoms with E-state index in [9.17, 15) is 27.5 Å². The number of carbonyl (C=O) groups is 2. The number of hydrogen-bond acceptors (Lipinski definition) is 7. The van der Waals surface area contributed by atoms with Crippen molar-refractivity contribution in [1.29, 1.82) is 0 Å². The second kappa shape index (κ2) is 9.57. The van der Waals surface area contributed by atoms with Crippen molar-refractivity contribution in [3.05, 3.63) is 53.4 Å². The molecule has 1 saturated carbocycles. The Bertz CT molecular complexity index is 1340. The number of aryl methyl sites for hydroxylation is 1. The standard InChI is InChI=1S/C21H23FN6O2.C2HF3O2/c1-12(23)2-3-17-16(8-14(22)10-24-17)21-9-13(21)4-6-27(21)18-5-7-28-19(26-18)15(11-25-28)20(29)30;3-2(4,5)1(6)7/h5,7-8,10-13H,2-4,6,9,23H2,1H3,(H,29,30);(H,6,7). The molecule has 0 aromatic carbocycles. The van der Waals surface area contributed by atoms with Gasteiger partial charge in [0.05, 0.1) is 17.9 Å². The van der Waals surface area contributed by atoms with Crippen molar-refractivity contribution in [2.45, 2.75) is 50.4 Å². The van der Waals surface area contributed by atoms with E-state index in [1.54, 1.807) is 12.3 Å². The molecule has 3 unspecified atom stereocenters. The Kier molecular flexibility index (Phi) is 6.79. The minimum atomic E-state index is -5.08. The van der Waals surface area contributed by atoms with Gasteiger partial charge in [0.15, 0.2) is 5.65 Å². The Morgan fingerprint density at radius 1 is 1.30 bits per heavy atom. The summed E-state index contributed by atoms with van der Waals surface area (Å²) in [5, 5.41) is 20.6. The Morgan fingerprint density at radius 2 is 2.00 bits per heavy atom. The van der Waals surface area contributed by atoms with Crippen LogP contribution in [0.1, 0.15) is 47.8 Å². The molecule has 2 fully saturated rings. The van der Waals surface area contributed by atoms with Crippen molar-refractivity contribution in [3.8, 4) is 0 Å². The molecule has 1 aliphatic heterocycles. The molecule has 0 bridgehead atoms. The third-order valence-electron chi connectivity index (χ3n) is 6.60. The van der Waals surface area contributed by atoms with Crippen LogP contribution in [0, 0.1) is 11.7 Å². The van der Waals surface area contributed by atoms with Gasteiger partial charge in [0, 0.05) is 30.0 Å². The summed E-state index contributed by atoms with van der Waals surface area (Å²) >= 11 is 0. The minimum Gasteiger partial charge on any atom is -0.477 e. The van der Waals surface area contributed by atoms with Crippen molar-refractivity contribution < 1.29 is 37.4 Å². The lowest BCUT2D eigenvalue weighted by Gasteiger charge is -2.31. The average Bonchev–Trinajstić information content (AvgIpc) is 3.19. The average molecular weight is 524 g/mol. The van der Waals surface area contributed by atoms with Crippen LogP contribution < -0.4 is 10.6 Å². The predicted molar refractivity (Wildman–Crippen MR) is 122 cm³/mol. The van der Waals surface area contributed by atoms with E-state index in [-0.39, 0.29) is 23.0 Å². The van der Waals surface area contributed by atoms with Crippen LogP contribution in [0.3, 0.4) is 0 Å². The van der Waals surface area contributed by atoms with Gasteiger partial charge in [-0.1, -0.05) is 0 Å². The zero-order chi connectivity index (χ0) is 27.1. The van der Waals surface area contributed by atoms with Crippen LogP contribution in [0.5, 0.6) is 0 Å². The van der Waals surface area contributed by atoms with E-state index >= 15 is 0 Å². The van der Waals surface area contributed by atoms with E-state index in [1.807, 2.05) is 13.0 Å². The van der Waals surface area contributed by atoms with Crippen molar-refractivity contribution in [2.75, 3.05) is 11.4 Å².